The zero-order valence-electron chi connectivity index (χ0n) is 7.26. The number of hydrogen-bond acceptors (Lipinski definition) is 5. The molecule has 4 N–H and O–H groups in total. The molecule has 0 fully saturated rings. The van der Waals surface area contributed by atoms with E-state index in [-0.39, 0.29) is 0 Å². The molecule has 7 heteroatoms. The molecule has 0 unspecified atom stereocenters. The van der Waals surface area contributed by atoms with Gasteiger partial charge in [0.25, 0.3) is 0 Å². The van der Waals surface area contributed by atoms with Crippen molar-refractivity contribution in [2.45, 2.75) is 0 Å². The maximum absolute atomic E-state index is 9.99. The van der Waals surface area contributed by atoms with Gasteiger partial charge in [-0.25, -0.2) is 11.7 Å². The molecule has 0 aromatic rings. The van der Waals surface area contributed by atoms with Crippen molar-refractivity contribution in [3.05, 3.63) is 0 Å². The molecule has 7 nitrogen and oxygen atoms in total. The minimum Gasteiger partial charge on any atom is -0.378 e. The van der Waals surface area contributed by atoms with E-state index in [1.54, 1.807) is 0 Å². The van der Waals surface area contributed by atoms with Gasteiger partial charge < -0.3 is 4.74 Å². The van der Waals surface area contributed by atoms with E-state index in [2.05, 4.69) is 0 Å². The molecule has 0 atom stereocenters. The molecule has 0 saturated heterocycles. The normalized spacial score (nSPS) is 9.38. The average Bonchev–Trinajstić information content (AvgIpc) is 2.16. The van der Waals surface area contributed by atoms with Crippen molar-refractivity contribution in [1.29, 1.82) is 0 Å². The molecule has 0 rings (SSSR count). The Kier molecular flexibility index (Phi) is 6.79. The van der Waals surface area contributed by atoms with Crippen molar-refractivity contribution in [2.24, 2.45) is 11.7 Å². The van der Waals surface area contributed by atoms with E-state index < -0.39 is 0 Å². The minimum absolute atomic E-state index is 0.315. The van der Waals surface area contributed by atoms with E-state index in [0.29, 0.717) is 39.1 Å². The van der Waals surface area contributed by atoms with Gasteiger partial charge >= 0.3 is 0 Å². The molecule has 2 amide bonds. The molecule has 0 aliphatic rings. The van der Waals surface area contributed by atoms with Crippen LogP contribution in [-0.2, 0) is 14.3 Å². The molecular weight excluding hydrogens is 176 g/mol. The van der Waals surface area contributed by atoms with Gasteiger partial charge in [0, 0.05) is 0 Å². The number of ether oxygens (including phenoxy) is 1. The van der Waals surface area contributed by atoms with Crippen LogP contribution in [0.1, 0.15) is 0 Å². The summed E-state index contributed by atoms with van der Waals surface area (Å²) < 4.78 is 5.02. The lowest BCUT2D eigenvalue weighted by atomic mass is 10.6. The Hall–Kier alpha value is -1.18. The molecule has 0 aliphatic heterocycles. The van der Waals surface area contributed by atoms with E-state index >= 15 is 0 Å². The van der Waals surface area contributed by atoms with Gasteiger partial charge in [0.1, 0.15) is 0 Å². The van der Waals surface area contributed by atoms with Crippen molar-refractivity contribution >= 4 is 12.8 Å². The molecule has 0 aromatic carbocycles. The van der Waals surface area contributed by atoms with Crippen molar-refractivity contribution in [2.75, 3.05) is 26.3 Å². The molecule has 76 valence electrons. The fourth-order valence-electron chi connectivity index (χ4n) is 0.547. The second-order valence-corrected chi connectivity index (χ2v) is 2.30. The zero-order valence-corrected chi connectivity index (χ0v) is 7.26. The van der Waals surface area contributed by atoms with E-state index in [4.69, 9.17) is 16.4 Å². The first-order chi connectivity index (χ1) is 6.20. The molecule has 0 spiro atoms. The number of rotatable bonds is 8. The maximum atomic E-state index is 9.99. The average molecular weight is 190 g/mol. The number of carbonyl (C=O) groups is 2. The number of amides is 2. The van der Waals surface area contributed by atoms with Crippen LogP contribution in [0.3, 0.4) is 0 Å². The summed E-state index contributed by atoms with van der Waals surface area (Å²) in [5.41, 5.74) is 0. The summed E-state index contributed by atoms with van der Waals surface area (Å²) in [5, 5.41) is 1.94. The second-order valence-electron chi connectivity index (χ2n) is 2.30. The lowest BCUT2D eigenvalue weighted by Crippen LogP contribution is -2.35. The molecule has 0 aromatic heterocycles. The van der Waals surface area contributed by atoms with Crippen LogP contribution in [0.2, 0.25) is 0 Å². The Morgan fingerprint density at radius 3 is 1.69 bits per heavy atom. The minimum atomic E-state index is 0.315. The lowest BCUT2D eigenvalue weighted by molar-refractivity contribution is -0.119. The summed E-state index contributed by atoms with van der Waals surface area (Å²) in [6.45, 7) is 1.27. The topological polar surface area (TPSA) is 102 Å². The van der Waals surface area contributed by atoms with Crippen molar-refractivity contribution in [3.63, 3.8) is 0 Å². The lowest BCUT2D eigenvalue weighted by Gasteiger charge is -2.12. The Balaban J connectivity index is 3.16. The van der Waals surface area contributed by atoms with Gasteiger partial charge in [0.05, 0.1) is 26.3 Å². The summed E-state index contributed by atoms with van der Waals surface area (Å²) in [7, 11) is 0. The monoisotopic (exact) mass is 190 g/mol. The molecule has 0 saturated carbocycles. The Labute approximate surface area is 76.1 Å². The van der Waals surface area contributed by atoms with Crippen molar-refractivity contribution < 1.29 is 14.3 Å². The van der Waals surface area contributed by atoms with Crippen LogP contribution in [0.25, 0.3) is 0 Å². The van der Waals surface area contributed by atoms with Crippen LogP contribution in [-0.4, -0.2) is 49.1 Å². The summed E-state index contributed by atoms with van der Waals surface area (Å²) in [6, 6.07) is 0. The molecular formula is C6H14N4O3. The van der Waals surface area contributed by atoms with Crippen molar-refractivity contribution in [3.8, 4) is 0 Å². The first-order valence-electron chi connectivity index (χ1n) is 3.71. The molecule has 13 heavy (non-hydrogen) atoms. The van der Waals surface area contributed by atoms with Gasteiger partial charge in [-0.3, -0.25) is 19.6 Å². The first kappa shape index (κ1) is 11.8. The number of nitrogens with zero attached hydrogens (tertiary/aromatic N) is 2. The van der Waals surface area contributed by atoms with Crippen LogP contribution in [0.15, 0.2) is 0 Å². The predicted molar refractivity (Wildman–Crippen MR) is 44.7 cm³/mol. The van der Waals surface area contributed by atoms with Crippen LogP contribution < -0.4 is 11.7 Å². The number of hydrazine groups is 2. The highest BCUT2D eigenvalue weighted by atomic mass is 16.5. The Morgan fingerprint density at radius 2 is 1.38 bits per heavy atom. The van der Waals surface area contributed by atoms with Gasteiger partial charge in [0.2, 0.25) is 12.8 Å². The standard InChI is InChI=1S/C6H14N4O3/c7-9(5-11)1-3-13-4-2-10(8)6-12/h5-6H,1-4,7-8H2. The number of nitrogens with two attached hydrogens (primary N) is 2. The molecule has 0 radical (unpaired) electrons. The summed E-state index contributed by atoms with van der Waals surface area (Å²) >= 11 is 0. The summed E-state index contributed by atoms with van der Waals surface area (Å²) in [4.78, 5) is 20.0. The molecule has 0 heterocycles. The van der Waals surface area contributed by atoms with Gasteiger partial charge in [-0.2, -0.15) is 0 Å². The van der Waals surface area contributed by atoms with Gasteiger partial charge in [-0.15, -0.1) is 0 Å². The third-order valence-electron chi connectivity index (χ3n) is 1.26. The highest BCUT2D eigenvalue weighted by Gasteiger charge is 1.95. The molecule has 0 aliphatic carbocycles. The highest BCUT2D eigenvalue weighted by Crippen LogP contribution is 1.78. The van der Waals surface area contributed by atoms with Gasteiger partial charge in [-0.05, 0) is 0 Å². The zero-order chi connectivity index (χ0) is 10.1. The number of carbonyl (C=O) groups excluding carboxylic acids is 2. The fourth-order valence-corrected chi connectivity index (χ4v) is 0.547. The SMILES string of the molecule is NN(C=O)CCOCCN(N)C=O. The maximum Gasteiger partial charge on any atom is 0.223 e. The van der Waals surface area contributed by atoms with E-state index in [9.17, 15) is 9.59 Å². The fraction of sp³-hybridized carbons (Fsp3) is 0.667. The van der Waals surface area contributed by atoms with Crippen LogP contribution in [0.5, 0.6) is 0 Å². The molecule has 0 bridgehead atoms. The third kappa shape index (κ3) is 7.19. The van der Waals surface area contributed by atoms with Crippen LogP contribution in [0, 0.1) is 0 Å². The van der Waals surface area contributed by atoms with Crippen LogP contribution in [0.4, 0.5) is 0 Å². The largest absolute Gasteiger partial charge is 0.378 e. The van der Waals surface area contributed by atoms with Crippen LogP contribution >= 0.6 is 0 Å². The Morgan fingerprint density at radius 1 is 1.00 bits per heavy atom. The number of hydrogen-bond donors (Lipinski definition) is 2. The summed E-state index contributed by atoms with van der Waals surface area (Å²) in [5.74, 6) is 10.3. The van der Waals surface area contributed by atoms with E-state index in [1.165, 1.54) is 0 Å². The smallest absolute Gasteiger partial charge is 0.223 e. The van der Waals surface area contributed by atoms with Gasteiger partial charge in [0.15, 0.2) is 0 Å². The quantitative estimate of drug-likeness (QED) is 0.147. The first-order valence-corrected chi connectivity index (χ1v) is 3.71. The third-order valence-corrected chi connectivity index (χ3v) is 1.26. The second kappa shape index (κ2) is 7.47. The highest BCUT2D eigenvalue weighted by molar-refractivity contribution is 5.45. The summed E-state index contributed by atoms with van der Waals surface area (Å²) in [6.07, 6.45) is 1.01. The van der Waals surface area contributed by atoms with Crippen molar-refractivity contribution in [1.82, 2.24) is 10.0 Å². The van der Waals surface area contributed by atoms with E-state index in [0.717, 1.165) is 10.0 Å². The van der Waals surface area contributed by atoms with Gasteiger partial charge in [-0.1, -0.05) is 0 Å². The van der Waals surface area contributed by atoms with E-state index in [1.807, 2.05) is 0 Å². The predicted octanol–water partition coefficient (Wildman–Crippen LogP) is -2.33. The Bertz CT molecular complexity index is 139.